The van der Waals surface area contributed by atoms with Crippen molar-refractivity contribution < 1.29 is 19.4 Å². The lowest BCUT2D eigenvalue weighted by molar-refractivity contribution is -0.119. The first-order chi connectivity index (χ1) is 8.21. The highest BCUT2D eigenvalue weighted by Gasteiger charge is 2.06. The molecule has 0 unspecified atom stereocenters. The Morgan fingerprint density at radius 2 is 2.24 bits per heavy atom. The number of rotatable bonds is 6. The van der Waals surface area contributed by atoms with Crippen molar-refractivity contribution in [3.63, 3.8) is 0 Å². The zero-order valence-electron chi connectivity index (χ0n) is 10.0. The summed E-state index contributed by atoms with van der Waals surface area (Å²) >= 11 is 0. The van der Waals surface area contributed by atoms with E-state index in [0.29, 0.717) is 23.6 Å². The fourth-order valence-electron chi connectivity index (χ4n) is 1.41. The smallest absolute Gasteiger partial charge is 0.250 e. The lowest BCUT2D eigenvalue weighted by atomic mass is 10.2. The summed E-state index contributed by atoms with van der Waals surface area (Å²) in [4.78, 5) is 11.3. The Balaban J connectivity index is 2.78. The van der Waals surface area contributed by atoms with Gasteiger partial charge in [-0.25, -0.2) is 0 Å². The highest BCUT2D eigenvalue weighted by molar-refractivity contribution is 5.91. The Morgan fingerprint density at radius 3 is 2.82 bits per heavy atom. The topological polar surface area (TPSA) is 67.8 Å². The number of hydrogen-bond donors (Lipinski definition) is 2. The minimum absolute atomic E-state index is 0.00166. The molecular weight excluding hydrogens is 222 g/mol. The van der Waals surface area contributed by atoms with Gasteiger partial charge in [-0.15, -0.1) is 0 Å². The van der Waals surface area contributed by atoms with Crippen LogP contribution in [0.25, 0.3) is 0 Å². The first kappa shape index (κ1) is 13.5. The lowest BCUT2D eigenvalue weighted by Gasteiger charge is -2.11. The number of carbonyl (C=O) groups excluding carboxylic acids is 1. The summed E-state index contributed by atoms with van der Waals surface area (Å²) < 4.78 is 10.0. The Bertz CT molecular complexity index is 379. The normalized spacial score (nSPS) is 10.1. The van der Waals surface area contributed by atoms with Crippen molar-refractivity contribution in [2.75, 3.05) is 25.6 Å². The van der Waals surface area contributed by atoms with Crippen LogP contribution in [0.1, 0.15) is 12.5 Å². The second kappa shape index (κ2) is 6.88. The summed E-state index contributed by atoms with van der Waals surface area (Å²) in [5.74, 6) is 0.389. The van der Waals surface area contributed by atoms with E-state index in [2.05, 4.69) is 5.32 Å². The van der Waals surface area contributed by atoms with Gasteiger partial charge in [-0.05, 0) is 25.1 Å². The maximum atomic E-state index is 11.3. The number of ether oxygens (including phenoxy) is 2. The molecule has 0 bridgehead atoms. The predicted molar refractivity (Wildman–Crippen MR) is 64.0 cm³/mol. The van der Waals surface area contributed by atoms with Gasteiger partial charge in [-0.1, -0.05) is 0 Å². The molecule has 0 atom stereocenters. The molecular formula is C12H17NO4. The molecule has 0 aliphatic rings. The minimum Gasteiger partial charge on any atom is -0.494 e. The summed E-state index contributed by atoms with van der Waals surface area (Å²) in [7, 11) is 1.46. The molecule has 1 rings (SSSR count). The average Bonchev–Trinajstić information content (AvgIpc) is 2.31. The van der Waals surface area contributed by atoms with E-state index in [0.717, 1.165) is 0 Å². The number of nitrogens with one attached hydrogen (secondary N) is 1. The standard InChI is InChI=1S/C12H17NO4/c1-3-17-11-5-4-10(6-9(11)7-14)13-12(15)8-16-2/h4-6,14H,3,7-8H2,1-2H3,(H,13,15). The van der Waals surface area contributed by atoms with Gasteiger partial charge in [-0.3, -0.25) is 4.79 Å². The third kappa shape index (κ3) is 4.05. The van der Waals surface area contributed by atoms with Crippen molar-refractivity contribution in [1.82, 2.24) is 0 Å². The largest absolute Gasteiger partial charge is 0.494 e. The van der Waals surface area contributed by atoms with Crippen LogP contribution in [-0.2, 0) is 16.1 Å². The molecule has 5 nitrogen and oxygen atoms in total. The summed E-state index contributed by atoms with van der Waals surface area (Å²) in [6, 6.07) is 5.12. The van der Waals surface area contributed by atoms with E-state index in [1.807, 2.05) is 6.92 Å². The highest BCUT2D eigenvalue weighted by atomic mass is 16.5. The fourth-order valence-corrected chi connectivity index (χ4v) is 1.41. The second-order valence-electron chi connectivity index (χ2n) is 3.39. The molecule has 94 valence electrons. The number of benzene rings is 1. The van der Waals surface area contributed by atoms with Gasteiger partial charge in [0.2, 0.25) is 5.91 Å². The number of anilines is 1. The number of amides is 1. The maximum Gasteiger partial charge on any atom is 0.250 e. The van der Waals surface area contributed by atoms with Gasteiger partial charge < -0.3 is 19.9 Å². The fraction of sp³-hybridized carbons (Fsp3) is 0.417. The van der Waals surface area contributed by atoms with Crippen LogP contribution in [0.5, 0.6) is 5.75 Å². The molecule has 5 heteroatoms. The monoisotopic (exact) mass is 239 g/mol. The van der Waals surface area contributed by atoms with Gasteiger partial charge in [0.05, 0.1) is 13.2 Å². The molecule has 2 N–H and O–H groups in total. The molecule has 0 aliphatic heterocycles. The van der Waals surface area contributed by atoms with E-state index in [1.165, 1.54) is 7.11 Å². The number of hydrogen-bond acceptors (Lipinski definition) is 4. The molecule has 0 aromatic heterocycles. The van der Waals surface area contributed by atoms with Crippen molar-refractivity contribution in [3.05, 3.63) is 23.8 Å². The maximum absolute atomic E-state index is 11.3. The molecule has 17 heavy (non-hydrogen) atoms. The van der Waals surface area contributed by atoms with Crippen LogP contribution in [-0.4, -0.2) is 31.3 Å². The Kier molecular flexibility index (Phi) is 5.45. The molecule has 0 radical (unpaired) electrons. The first-order valence-corrected chi connectivity index (χ1v) is 5.36. The molecule has 0 aliphatic carbocycles. The van der Waals surface area contributed by atoms with Gasteiger partial charge in [-0.2, -0.15) is 0 Å². The molecule has 0 heterocycles. The molecule has 0 saturated heterocycles. The molecule has 1 aromatic carbocycles. The molecule has 1 aromatic rings. The van der Waals surface area contributed by atoms with Crippen molar-refractivity contribution in [1.29, 1.82) is 0 Å². The molecule has 0 saturated carbocycles. The number of aliphatic hydroxyl groups is 1. The Labute approximate surface area is 100 Å². The van der Waals surface area contributed by atoms with E-state index in [1.54, 1.807) is 18.2 Å². The summed E-state index contributed by atoms with van der Waals surface area (Å²) in [6.45, 7) is 2.27. The van der Waals surface area contributed by atoms with Crippen molar-refractivity contribution in [2.45, 2.75) is 13.5 Å². The summed E-state index contributed by atoms with van der Waals surface area (Å²) in [6.07, 6.45) is 0. The van der Waals surface area contributed by atoms with E-state index in [9.17, 15) is 9.90 Å². The quantitative estimate of drug-likeness (QED) is 0.781. The van der Waals surface area contributed by atoms with Gasteiger partial charge in [0.1, 0.15) is 12.4 Å². The third-order valence-corrected chi connectivity index (χ3v) is 2.09. The third-order valence-electron chi connectivity index (χ3n) is 2.09. The van der Waals surface area contributed by atoms with E-state index >= 15 is 0 Å². The lowest BCUT2D eigenvalue weighted by Crippen LogP contribution is -2.17. The SMILES string of the molecule is CCOc1ccc(NC(=O)COC)cc1CO. The predicted octanol–water partition coefficient (Wildman–Crippen LogP) is 1.16. The van der Waals surface area contributed by atoms with Crippen molar-refractivity contribution in [3.8, 4) is 5.75 Å². The average molecular weight is 239 g/mol. The van der Waals surface area contributed by atoms with Gasteiger partial charge >= 0.3 is 0 Å². The van der Waals surface area contributed by atoms with Crippen molar-refractivity contribution >= 4 is 11.6 Å². The zero-order valence-corrected chi connectivity index (χ0v) is 10.0. The van der Waals surface area contributed by atoms with E-state index in [4.69, 9.17) is 9.47 Å². The van der Waals surface area contributed by atoms with Crippen LogP contribution in [0.3, 0.4) is 0 Å². The van der Waals surface area contributed by atoms with Crippen molar-refractivity contribution in [2.24, 2.45) is 0 Å². The highest BCUT2D eigenvalue weighted by Crippen LogP contribution is 2.22. The Morgan fingerprint density at radius 1 is 1.47 bits per heavy atom. The Hall–Kier alpha value is -1.59. The minimum atomic E-state index is -0.236. The van der Waals surface area contributed by atoms with E-state index < -0.39 is 0 Å². The van der Waals surface area contributed by atoms with Crippen LogP contribution in [0.15, 0.2) is 18.2 Å². The van der Waals surface area contributed by atoms with Crippen LogP contribution in [0, 0.1) is 0 Å². The number of methoxy groups -OCH3 is 1. The van der Waals surface area contributed by atoms with Gasteiger partial charge in [0.15, 0.2) is 0 Å². The molecule has 0 spiro atoms. The zero-order chi connectivity index (χ0) is 12.7. The van der Waals surface area contributed by atoms with Crippen LogP contribution in [0.2, 0.25) is 0 Å². The second-order valence-corrected chi connectivity index (χ2v) is 3.39. The van der Waals surface area contributed by atoms with Crippen LogP contribution < -0.4 is 10.1 Å². The van der Waals surface area contributed by atoms with Crippen LogP contribution in [0.4, 0.5) is 5.69 Å². The summed E-state index contributed by atoms with van der Waals surface area (Å²) in [5, 5.41) is 11.8. The number of aliphatic hydroxyl groups excluding tert-OH is 1. The van der Waals surface area contributed by atoms with Crippen LogP contribution >= 0.6 is 0 Å². The van der Waals surface area contributed by atoms with Gasteiger partial charge in [0.25, 0.3) is 0 Å². The molecule has 0 fully saturated rings. The number of carbonyl (C=O) groups is 1. The first-order valence-electron chi connectivity index (χ1n) is 5.36. The van der Waals surface area contributed by atoms with Gasteiger partial charge in [0, 0.05) is 18.4 Å². The van der Waals surface area contributed by atoms with E-state index in [-0.39, 0.29) is 19.1 Å². The summed E-state index contributed by atoms with van der Waals surface area (Å²) in [5.41, 5.74) is 1.25. The molecule has 1 amide bonds.